The molecule has 5 nitrogen and oxygen atoms in total. The van der Waals surface area contributed by atoms with E-state index in [-0.39, 0.29) is 11.8 Å². The first-order valence-electron chi connectivity index (χ1n) is 8.97. The summed E-state index contributed by atoms with van der Waals surface area (Å²) in [4.78, 5) is 25.8. The van der Waals surface area contributed by atoms with Crippen molar-refractivity contribution in [3.05, 3.63) is 70.2 Å². The van der Waals surface area contributed by atoms with Crippen molar-refractivity contribution >= 4 is 17.2 Å². The number of likely N-dealkylation sites (tertiary alicyclic amines) is 1. The number of imidazole rings is 1. The highest BCUT2D eigenvalue weighted by atomic mass is 32.1. The molecule has 0 spiro atoms. The molecule has 0 saturated carbocycles. The fourth-order valence-electron chi connectivity index (χ4n) is 3.56. The molecule has 0 bridgehead atoms. The molecule has 1 aliphatic rings. The van der Waals surface area contributed by atoms with E-state index in [0.717, 1.165) is 42.3 Å². The molecule has 1 saturated heterocycles. The van der Waals surface area contributed by atoms with Gasteiger partial charge in [-0.25, -0.2) is 4.98 Å². The Kier molecular flexibility index (Phi) is 4.84. The number of pyridine rings is 1. The predicted octanol–water partition coefficient (Wildman–Crippen LogP) is 3.72. The number of carbonyl (C=O) groups excluding carboxylic acids is 1. The largest absolute Gasteiger partial charge is 0.337 e. The van der Waals surface area contributed by atoms with E-state index in [1.807, 2.05) is 60.7 Å². The maximum Gasteiger partial charge on any atom is 0.263 e. The van der Waals surface area contributed by atoms with Gasteiger partial charge in [0.15, 0.2) is 0 Å². The summed E-state index contributed by atoms with van der Waals surface area (Å²) in [6.45, 7) is 4.31. The summed E-state index contributed by atoms with van der Waals surface area (Å²) in [5.41, 5.74) is 1.02. The van der Waals surface area contributed by atoms with Gasteiger partial charge < -0.3 is 9.47 Å². The van der Waals surface area contributed by atoms with Crippen LogP contribution in [0.4, 0.5) is 0 Å². The molecule has 1 atom stereocenters. The normalized spacial score (nSPS) is 17.4. The highest BCUT2D eigenvalue weighted by Gasteiger charge is 2.28. The number of rotatable bonds is 4. The van der Waals surface area contributed by atoms with Gasteiger partial charge in [0, 0.05) is 42.5 Å². The van der Waals surface area contributed by atoms with Gasteiger partial charge >= 0.3 is 0 Å². The average Bonchev–Trinajstić information content (AvgIpc) is 3.31. The minimum atomic E-state index is 0.149. The highest BCUT2D eigenvalue weighted by molar-refractivity contribution is 7.13. The van der Waals surface area contributed by atoms with Crippen molar-refractivity contribution in [1.82, 2.24) is 19.4 Å². The standard InChI is InChI=1S/C20H22N4OS/c1-15-7-8-18(26-15)20(25)24-11-4-5-16(13-24)19-22-10-12-23(19)14-17-6-2-3-9-21-17/h2-3,6-10,12,16H,4-5,11,13-14H2,1H3/t16-/m1/s1. The Bertz CT molecular complexity index is 886. The number of aromatic nitrogens is 3. The van der Waals surface area contributed by atoms with Gasteiger partial charge in [-0.3, -0.25) is 9.78 Å². The van der Waals surface area contributed by atoms with Crippen molar-refractivity contribution in [1.29, 1.82) is 0 Å². The van der Waals surface area contributed by atoms with Crippen molar-refractivity contribution in [2.45, 2.75) is 32.2 Å². The Balaban J connectivity index is 1.50. The van der Waals surface area contributed by atoms with Crippen LogP contribution in [0.25, 0.3) is 0 Å². The first kappa shape index (κ1) is 17.0. The van der Waals surface area contributed by atoms with E-state index >= 15 is 0 Å². The summed E-state index contributed by atoms with van der Waals surface area (Å²) in [6.07, 6.45) is 7.74. The SMILES string of the molecule is Cc1ccc(C(=O)N2CCC[C@@H](c3nccn3Cc3ccccn3)C2)s1. The molecule has 0 aliphatic carbocycles. The third kappa shape index (κ3) is 3.55. The Morgan fingerprint density at radius 1 is 1.23 bits per heavy atom. The van der Waals surface area contributed by atoms with E-state index in [0.29, 0.717) is 6.54 Å². The third-order valence-corrected chi connectivity index (χ3v) is 5.82. The molecule has 0 unspecified atom stereocenters. The molecule has 1 fully saturated rings. The van der Waals surface area contributed by atoms with Crippen molar-refractivity contribution in [3.8, 4) is 0 Å². The quantitative estimate of drug-likeness (QED) is 0.707. The van der Waals surface area contributed by atoms with Crippen LogP contribution in [0, 0.1) is 6.92 Å². The van der Waals surface area contributed by atoms with E-state index in [4.69, 9.17) is 0 Å². The molecule has 26 heavy (non-hydrogen) atoms. The lowest BCUT2D eigenvalue weighted by Gasteiger charge is -2.32. The predicted molar refractivity (Wildman–Crippen MR) is 103 cm³/mol. The number of piperidine rings is 1. The lowest BCUT2D eigenvalue weighted by molar-refractivity contribution is 0.0708. The molecule has 1 amide bonds. The minimum absolute atomic E-state index is 0.149. The Morgan fingerprint density at radius 2 is 2.15 bits per heavy atom. The van der Waals surface area contributed by atoms with Crippen LogP contribution in [0.5, 0.6) is 0 Å². The number of hydrogen-bond acceptors (Lipinski definition) is 4. The van der Waals surface area contributed by atoms with Gasteiger partial charge in [-0.15, -0.1) is 11.3 Å². The lowest BCUT2D eigenvalue weighted by Crippen LogP contribution is -2.39. The Morgan fingerprint density at radius 3 is 2.92 bits per heavy atom. The van der Waals surface area contributed by atoms with Gasteiger partial charge in [-0.1, -0.05) is 6.07 Å². The van der Waals surface area contributed by atoms with Crippen molar-refractivity contribution in [3.63, 3.8) is 0 Å². The van der Waals surface area contributed by atoms with Gasteiger partial charge in [0.05, 0.1) is 17.1 Å². The highest BCUT2D eigenvalue weighted by Crippen LogP contribution is 2.28. The second kappa shape index (κ2) is 7.41. The first-order chi connectivity index (χ1) is 12.7. The zero-order valence-corrected chi connectivity index (χ0v) is 15.7. The van der Waals surface area contributed by atoms with Crippen molar-refractivity contribution in [2.75, 3.05) is 13.1 Å². The minimum Gasteiger partial charge on any atom is -0.337 e. The van der Waals surface area contributed by atoms with Crippen LogP contribution in [0.1, 0.15) is 44.8 Å². The number of amides is 1. The van der Waals surface area contributed by atoms with Crippen molar-refractivity contribution < 1.29 is 4.79 Å². The summed E-state index contributed by atoms with van der Waals surface area (Å²) in [7, 11) is 0. The second-order valence-electron chi connectivity index (χ2n) is 6.74. The second-order valence-corrected chi connectivity index (χ2v) is 8.02. The molecule has 0 radical (unpaired) electrons. The molecule has 0 N–H and O–H groups in total. The average molecular weight is 366 g/mol. The molecule has 0 aromatic carbocycles. The summed E-state index contributed by atoms with van der Waals surface area (Å²) < 4.78 is 2.16. The number of carbonyl (C=O) groups is 1. The van der Waals surface area contributed by atoms with E-state index in [9.17, 15) is 4.79 Å². The van der Waals surface area contributed by atoms with Crippen LogP contribution in [0.15, 0.2) is 48.9 Å². The van der Waals surface area contributed by atoms with Gasteiger partial charge in [-0.05, 0) is 44.0 Å². The number of aryl methyl sites for hydroxylation is 1. The number of nitrogens with zero attached hydrogens (tertiary/aromatic N) is 4. The van der Waals surface area contributed by atoms with Crippen LogP contribution in [0.3, 0.4) is 0 Å². The maximum atomic E-state index is 12.8. The topological polar surface area (TPSA) is 51.0 Å². The van der Waals surface area contributed by atoms with E-state index in [2.05, 4.69) is 14.5 Å². The molecule has 6 heteroatoms. The molecule has 4 heterocycles. The molecule has 134 valence electrons. The molecular weight excluding hydrogens is 344 g/mol. The molecule has 1 aliphatic heterocycles. The van der Waals surface area contributed by atoms with E-state index in [1.54, 1.807) is 11.3 Å². The van der Waals surface area contributed by atoms with Crippen LogP contribution < -0.4 is 0 Å². The van der Waals surface area contributed by atoms with Crippen LogP contribution in [-0.2, 0) is 6.54 Å². The zero-order chi connectivity index (χ0) is 17.9. The molecular formula is C20H22N4OS. The van der Waals surface area contributed by atoms with Gasteiger partial charge in [-0.2, -0.15) is 0 Å². The molecule has 3 aromatic heterocycles. The maximum absolute atomic E-state index is 12.8. The Labute approximate surface area is 157 Å². The van der Waals surface area contributed by atoms with Gasteiger partial charge in [0.25, 0.3) is 5.91 Å². The first-order valence-corrected chi connectivity index (χ1v) is 9.79. The van der Waals surface area contributed by atoms with Gasteiger partial charge in [0.2, 0.25) is 0 Å². The zero-order valence-electron chi connectivity index (χ0n) is 14.8. The molecule has 4 rings (SSSR count). The van der Waals surface area contributed by atoms with Crippen LogP contribution in [-0.4, -0.2) is 38.4 Å². The summed E-state index contributed by atoms with van der Waals surface area (Å²) in [6, 6.07) is 9.91. The molecule has 3 aromatic rings. The lowest BCUT2D eigenvalue weighted by atomic mass is 9.97. The summed E-state index contributed by atoms with van der Waals surface area (Å²) in [5, 5.41) is 0. The third-order valence-electron chi connectivity index (χ3n) is 4.83. The van der Waals surface area contributed by atoms with Crippen LogP contribution in [0.2, 0.25) is 0 Å². The number of hydrogen-bond donors (Lipinski definition) is 0. The van der Waals surface area contributed by atoms with Gasteiger partial charge in [0.1, 0.15) is 5.82 Å². The number of thiophene rings is 1. The fraction of sp³-hybridized carbons (Fsp3) is 0.350. The fourth-order valence-corrected chi connectivity index (χ4v) is 4.39. The summed E-state index contributed by atoms with van der Waals surface area (Å²) >= 11 is 1.57. The van der Waals surface area contributed by atoms with Crippen molar-refractivity contribution in [2.24, 2.45) is 0 Å². The van der Waals surface area contributed by atoms with Crippen LogP contribution >= 0.6 is 11.3 Å². The van der Waals surface area contributed by atoms with E-state index < -0.39 is 0 Å². The monoisotopic (exact) mass is 366 g/mol. The van der Waals surface area contributed by atoms with E-state index in [1.165, 1.54) is 4.88 Å². The summed E-state index contributed by atoms with van der Waals surface area (Å²) in [5.74, 6) is 1.47. The Hall–Kier alpha value is -2.47. The smallest absolute Gasteiger partial charge is 0.263 e.